The molecule has 2 unspecified atom stereocenters. The van der Waals surface area contributed by atoms with Crippen molar-refractivity contribution in [2.45, 2.75) is 12.5 Å². The smallest absolute Gasteiger partial charge is 0.310 e. The molecule has 1 aromatic carbocycles. The fourth-order valence-corrected chi connectivity index (χ4v) is 3.26. The molecule has 1 aliphatic rings. The van der Waals surface area contributed by atoms with E-state index in [1.54, 1.807) is 6.20 Å². The van der Waals surface area contributed by atoms with E-state index in [0.29, 0.717) is 11.6 Å². The van der Waals surface area contributed by atoms with Crippen molar-refractivity contribution in [3.8, 4) is 0 Å². The second-order valence-corrected chi connectivity index (χ2v) is 6.25. The second kappa shape index (κ2) is 7.11. The number of esters is 1. The average Bonchev–Trinajstić information content (AvgIpc) is 2.99. The summed E-state index contributed by atoms with van der Waals surface area (Å²) in [5.41, 5.74) is 2.13. The molecule has 2 aromatic rings. The highest BCUT2D eigenvalue weighted by Crippen LogP contribution is 2.33. The zero-order valence-corrected chi connectivity index (χ0v) is 13.7. The number of carbonyl (C=O) groups is 1. The number of aromatic nitrogens is 1. The molecule has 1 saturated heterocycles. The lowest BCUT2D eigenvalue weighted by atomic mass is 9.92. The van der Waals surface area contributed by atoms with Crippen LogP contribution in [-0.2, 0) is 16.1 Å². The molecule has 23 heavy (non-hydrogen) atoms. The molecule has 1 aromatic heterocycles. The van der Waals surface area contributed by atoms with Gasteiger partial charge in [0, 0.05) is 37.4 Å². The van der Waals surface area contributed by atoms with Gasteiger partial charge in [0.25, 0.3) is 0 Å². The van der Waals surface area contributed by atoms with Gasteiger partial charge in [0.05, 0.1) is 18.1 Å². The quantitative estimate of drug-likeness (QED) is 0.808. The molecule has 2 heterocycles. The van der Waals surface area contributed by atoms with Gasteiger partial charge in [-0.15, -0.1) is 0 Å². The maximum absolute atomic E-state index is 12.2. The molecule has 1 fully saturated rings. The minimum absolute atomic E-state index is 0.0310. The Hall–Kier alpha value is -1.91. The molecule has 0 amide bonds. The number of halogens is 1. The van der Waals surface area contributed by atoms with Crippen molar-refractivity contribution < 1.29 is 9.53 Å². The van der Waals surface area contributed by atoms with Crippen LogP contribution < -0.4 is 0 Å². The summed E-state index contributed by atoms with van der Waals surface area (Å²) in [5.74, 6) is -0.344. The standard InChI is InChI=1S/C18H19ClN2O2/c1-23-18(22)16-12-21(10-13-5-3-2-4-6-13)11-15(16)17-8-7-14(19)9-20-17/h2-9,15-16H,10-12H2,1H3. The number of hydrogen-bond acceptors (Lipinski definition) is 4. The molecule has 0 bridgehead atoms. The van der Waals surface area contributed by atoms with Crippen LogP contribution in [0.4, 0.5) is 0 Å². The predicted molar refractivity (Wildman–Crippen MR) is 89.2 cm³/mol. The van der Waals surface area contributed by atoms with Gasteiger partial charge in [-0.1, -0.05) is 41.9 Å². The van der Waals surface area contributed by atoms with E-state index in [9.17, 15) is 4.79 Å². The van der Waals surface area contributed by atoms with Gasteiger partial charge >= 0.3 is 5.97 Å². The Morgan fingerprint density at radius 1 is 1.26 bits per heavy atom. The lowest BCUT2D eigenvalue weighted by molar-refractivity contribution is -0.145. The van der Waals surface area contributed by atoms with Crippen molar-refractivity contribution >= 4 is 17.6 Å². The SMILES string of the molecule is COC(=O)C1CN(Cc2ccccc2)CC1c1ccc(Cl)cn1. The number of carbonyl (C=O) groups excluding carboxylic acids is 1. The zero-order chi connectivity index (χ0) is 16.2. The highest BCUT2D eigenvalue weighted by Gasteiger charge is 2.39. The first-order valence-electron chi connectivity index (χ1n) is 7.63. The molecule has 0 radical (unpaired) electrons. The highest BCUT2D eigenvalue weighted by atomic mass is 35.5. The van der Waals surface area contributed by atoms with E-state index in [4.69, 9.17) is 16.3 Å². The fourth-order valence-electron chi connectivity index (χ4n) is 3.15. The molecule has 0 saturated carbocycles. The van der Waals surface area contributed by atoms with Gasteiger partial charge in [-0.2, -0.15) is 0 Å². The monoisotopic (exact) mass is 330 g/mol. The Balaban J connectivity index is 1.79. The van der Waals surface area contributed by atoms with Crippen LogP contribution in [0.3, 0.4) is 0 Å². The average molecular weight is 331 g/mol. The first-order valence-corrected chi connectivity index (χ1v) is 8.00. The van der Waals surface area contributed by atoms with Gasteiger partial charge in [0.1, 0.15) is 0 Å². The Morgan fingerprint density at radius 2 is 2.04 bits per heavy atom. The van der Waals surface area contributed by atoms with Crippen molar-refractivity contribution in [3.05, 3.63) is 64.9 Å². The number of methoxy groups -OCH3 is 1. The van der Waals surface area contributed by atoms with E-state index < -0.39 is 0 Å². The summed E-state index contributed by atoms with van der Waals surface area (Å²) in [6.07, 6.45) is 1.63. The van der Waals surface area contributed by atoms with Crippen molar-refractivity contribution in [1.82, 2.24) is 9.88 Å². The van der Waals surface area contributed by atoms with E-state index in [1.807, 2.05) is 30.3 Å². The van der Waals surface area contributed by atoms with E-state index in [-0.39, 0.29) is 17.8 Å². The summed E-state index contributed by atoms with van der Waals surface area (Å²) < 4.78 is 4.99. The molecule has 3 rings (SSSR count). The van der Waals surface area contributed by atoms with Gasteiger partial charge < -0.3 is 4.74 Å². The lowest BCUT2D eigenvalue weighted by Gasteiger charge is -2.16. The molecule has 1 aliphatic heterocycles. The summed E-state index contributed by atoms with van der Waals surface area (Å²) >= 11 is 5.92. The number of rotatable bonds is 4. The van der Waals surface area contributed by atoms with Crippen LogP contribution in [0.25, 0.3) is 0 Å². The largest absolute Gasteiger partial charge is 0.469 e. The van der Waals surface area contributed by atoms with Gasteiger partial charge in [0.2, 0.25) is 0 Å². The lowest BCUT2D eigenvalue weighted by Crippen LogP contribution is -2.24. The van der Waals surface area contributed by atoms with Crippen LogP contribution in [0.1, 0.15) is 17.2 Å². The normalized spacial score (nSPS) is 21.3. The molecule has 0 N–H and O–H groups in total. The maximum atomic E-state index is 12.2. The Morgan fingerprint density at radius 3 is 2.70 bits per heavy atom. The second-order valence-electron chi connectivity index (χ2n) is 5.82. The van der Waals surface area contributed by atoms with Crippen LogP contribution in [0.2, 0.25) is 5.02 Å². The third-order valence-electron chi connectivity index (χ3n) is 4.28. The first-order chi connectivity index (χ1) is 11.2. The van der Waals surface area contributed by atoms with Crippen molar-refractivity contribution in [1.29, 1.82) is 0 Å². The fraction of sp³-hybridized carbons (Fsp3) is 0.333. The molecule has 0 spiro atoms. The van der Waals surface area contributed by atoms with E-state index >= 15 is 0 Å². The minimum atomic E-state index is -0.197. The molecule has 2 atom stereocenters. The molecule has 0 aliphatic carbocycles. The summed E-state index contributed by atoms with van der Waals surface area (Å²) in [5, 5.41) is 0.600. The van der Waals surface area contributed by atoms with Crippen LogP contribution in [-0.4, -0.2) is 36.1 Å². The van der Waals surface area contributed by atoms with Gasteiger partial charge in [-0.3, -0.25) is 14.7 Å². The summed E-state index contributed by atoms with van der Waals surface area (Å²) in [7, 11) is 1.44. The van der Waals surface area contributed by atoms with E-state index in [0.717, 1.165) is 18.8 Å². The van der Waals surface area contributed by atoms with Crippen molar-refractivity contribution in [2.75, 3.05) is 20.2 Å². The van der Waals surface area contributed by atoms with Crippen LogP contribution >= 0.6 is 11.6 Å². The number of nitrogens with zero attached hydrogens (tertiary/aromatic N) is 2. The molecular formula is C18H19ClN2O2. The third-order valence-corrected chi connectivity index (χ3v) is 4.50. The van der Waals surface area contributed by atoms with Crippen molar-refractivity contribution in [3.63, 3.8) is 0 Å². The van der Waals surface area contributed by atoms with Crippen LogP contribution in [0.5, 0.6) is 0 Å². The van der Waals surface area contributed by atoms with E-state index in [2.05, 4.69) is 22.0 Å². The number of pyridine rings is 1. The van der Waals surface area contributed by atoms with Crippen LogP contribution in [0.15, 0.2) is 48.7 Å². The molecule has 4 nitrogen and oxygen atoms in total. The highest BCUT2D eigenvalue weighted by molar-refractivity contribution is 6.30. The third kappa shape index (κ3) is 3.71. The Kier molecular flexibility index (Phi) is 4.94. The molecule has 120 valence electrons. The Labute approximate surface area is 141 Å². The summed E-state index contributed by atoms with van der Waals surface area (Å²) in [6.45, 7) is 2.28. The molecule has 5 heteroatoms. The predicted octanol–water partition coefficient (Wildman–Crippen LogP) is 3.12. The first kappa shape index (κ1) is 16.0. The van der Waals surface area contributed by atoms with E-state index in [1.165, 1.54) is 12.7 Å². The Bertz CT molecular complexity index is 660. The topological polar surface area (TPSA) is 42.4 Å². The maximum Gasteiger partial charge on any atom is 0.310 e. The van der Waals surface area contributed by atoms with Crippen LogP contribution in [0, 0.1) is 5.92 Å². The van der Waals surface area contributed by atoms with Gasteiger partial charge in [-0.05, 0) is 17.7 Å². The minimum Gasteiger partial charge on any atom is -0.469 e. The van der Waals surface area contributed by atoms with Gasteiger partial charge in [0.15, 0.2) is 0 Å². The summed E-state index contributed by atoms with van der Waals surface area (Å²) in [6, 6.07) is 14.0. The summed E-state index contributed by atoms with van der Waals surface area (Å²) in [4.78, 5) is 18.8. The molecular weight excluding hydrogens is 312 g/mol. The number of benzene rings is 1. The van der Waals surface area contributed by atoms with Crippen molar-refractivity contribution in [2.24, 2.45) is 5.92 Å². The number of hydrogen-bond donors (Lipinski definition) is 0. The number of ether oxygens (including phenoxy) is 1. The van der Waals surface area contributed by atoms with Gasteiger partial charge in [-0.25, -0.2) is 0 Å². The zero-order valence-electron chi connectivity index (χ0n) is 13.0. The number of likely N-dealkylation sites (tertiary alicyclic amines) is 1.